The molecule has 2 aromatic heterocycles. The second-order valence-electron chi connectivity index (χ2n) is 5.84. The van der Waals surface area contributed by atoms with Gasteiger partial charge < -0.3 is 10.4 Å². The number of hydrogen-bond donors (Lipinski definition) is 2. The molecular formula is C18H19ClN4O2S. The molecule has 0 aliphatic heterocycles. The van der Waals surface area contributed by atoms with Crippen molar-refractivity contribution in [2.24, 2.45) is 0 Å². The SMILES string of the molecule is CSCCNC(=O)c1cnn2c(O)c(Cc3ccc(Cl)cc3)c(C)nc12. The topological polar surface area (TPSA) is 79.5 Å². The quantitative estimate of drug-likeness (QED) is 0.632. The standard InChI is InChI=1S/C18H19ClN4O2S/c1-11-14(9-12-3-5-13(19)6-4-12)18(25)23-16(22-11)15(10-21-23)17(24)20-7-8-26-2/h3-6,10,25H,7-9H2,1-2H3,(H,20,24). The van der Waals surface area contributed by atoms with Gasteiger partial charge in [0, 0.05) is 35.0 Å². The molecule has 0 atom stereocenters. The highest BCUT2D eigenvalue weighted by molar-refractivity contribution is 7.98. The first-order chi connectivity index (χ1) is 12.5. The average molecular weight is 391 g/mol. The molecule has 0 radical (unpaired) electrons. The summed E-state index contributed by atoms with van der Waals surface area (Å²) in [5, 5.41) is 18.3. The molecule has 0 aliphatic rings. The Balaban J connectivity index is 1.93. The molecule has 3 aromatic rings. The smallest absolute Gasteiger partial charge is 0.256 e. The first-order valence-electron chi connectivity index (χ1n) is 8.09. The van der Waals surface area contributed by atoms with Gasteiger partial charge in [0.25, 0.3) is 5.91 Å². The van der Waals surface area contributed by atoms with Crippen LogP contribution in [0.3, 0.4) is 0 Å². The zero-order valence-electron chi connectivity index (χ0n) is 14.5. The van der Waals surface area contributed by atoms with Gasteiger partial charge in [0.1, 0.15) is 5.56 Å². The van der Waals surface area contributed by atoms with E-state index < -0.39 is 0 Å². The summed E-state index contributed by atoms with van der Waals surface area (Å²) in [4.78, 5) is 16.8. The molecule has 26 heavy (non-hydrogen) atoms. The fourth-order valence-electron chi connectivity index (χ4n) is 2.66. The van der Waals surface area contributed by atoms with E-state index in [0.29, 0.717) is 40.5 Å². The van der Waals surface area contributed by atoms with Crippen LogP contribution in [0.1, 0.15) is 27.2 Å². The maximum atomic E-state index is 12.3. The van der Waals surface area contributed by atoms with Gasteiger partial charge in [-0.3, -0.25) is 4.79 Å². The summed E-state index contributed by atoms with van der Waals surface area (Å²) < 4.78 is 1.31. The van der Waals surface area contributed by atoms with Gasteiger partial charge in [0.15, 0.2) is 5.65 Å². The van der Waals surface area contributed by atoms with Crippen LogP contribution in [-0.4, -0.2) is 44.2 Å². The van der Waals surface area contributed by atoms with E-state index in [0.717, 1.165) is 11.3 Å². The third-order valence-corrected chi connectivity index (χ3v) is 4.92. The Kier molecular flexibility index (Phi) is 5.68. The van der Waals surface area contributed by atoms with Crippen LogP contribution in [0.4, 0.5) is 0 Å². The van der Waals surface area contributed by atoms with Crippen LogP contribution >= 0.6 is 23.4 Å². The van der Waals surface area contributed by atoms with Gasteiger partial charge in [-0.2, -0.15) is 21.4 Å². The number of nitrogens with one attached hydrogen (secondary N) is 1. The van der Waals surface area contributed by atoms with Gasteiger partial charge in [0.05, 0.1) is 6.20 Å². The van der Waals surface area contributed by atoms with Gasteiger partial charge >= 0.3 is 0 Å². The lowest BCUT2D eigenvalue weighted by Crippen LogP contribution is -2.25. The maximum Gasteiger partial charge on any atom is 0.256 e. The second kappa shape index (κ2) is 7.97. The number of carbonyl (C=O) groups is 1. The Bertz CT molecular complexity index is 941. The van der Waals surface area contributed by atoms with Gasteiger partial charge in [-0.1, -0.05) is 23.7 Å². The molecule has 3 rings (SSSR count). The van der Waals surface area contributed by atoms with Gasteiger partial charge in [-0.05, 0) is 30.9 Å². The van der Waals surface area contributed by atoms with Crippen LogP contribution in [0.2, 0.25) is 5.02 Å². The zero-order chi connectivity index (χ0) is 18.7. The third-order valence-electron chi connectivity index (χ3n) is 4.06. The van der Waals surface area contributed by atoms with E-state index in [-0.39, 0.29) is 11.8 Å². The zero-order valence-corrected chi connectivity index (χ0v) is 16.1. The molecule has 2 N–H and O–H groups in total. The number of aromatic hydroxyl groups is 1. The number of rotatable bonds is 6. The van der Waals surface area contributed by atoms with Crippen molar-refractivity contribution in [2.45, 2.75) is 13.3 Å². The van der Waals surface area contributed by atoms with Crippen molar-refractivity contribution >= 4 is 34.9 Å². The number of carbonyl (C=O) groups excluding carboxylic acids is 1. The predicted octanol–water partition coefficient (Wildman–Crippen LogP) is 3.08. The number of fused-ring (bicyclic) bond motifs is 1. The van der Waals surface area contributed by atoms with E-state index in [1.54, 1.807) is 23.9 Å². The van der Waals surface area contributed by atoms with E-state index in [9.17, 15) is 9.90 Å². The molecule has 0 fully saturated rings. The Morgan fingerprint density at radius 3 is 2.77 bits per heavy atom. The minimum absolute atomic E-state index is 0.00869. The summed E-state index contributed by atoms with van der Waals surface area (Å²) in [6.07, 6.45) is 3.90. The van der Waals surface area contributed by atoms with Crippen molar-refractivity contribution in [3.63, 3.8) is 0 Å². The van der Waals surface area contributed by atoms with E-state index >= 15 is 0 Å². The highest BCUT2D eigenvalue weighted by atomic mass is 35.5. The molecule has 0 saturated carbocycles. The third kappa shape index (κ3) is 3.78. The van der Waals surface area contributed by atoms with Crippen molar-refractivity contribution in [2.75, 3.05) is 18.6 Å². The van der Waals surface area contributed by atoms with Crippen LogP contribution in [0.25, 0.3) is 5.65 Å². The molecule has 2 heterocycles. The second-order valence-corrected chi connectivity index (χ2v) is 7.27. The highest BCUT2D eigenvalue weighted by Crippen LogP contribution is 2.26. The molecule has 1 amide bonds. The van der Waals surface area contributed by atoms with Crippen LogP contribution in [0.5, 0.6) is 5.88 Å². The fraction of sp³-hybridized carbons (Fsp3) is 0.278. The number of halogens is 1. The number of aryl methyl sites for hydroxylation is 1. The van der Waals surface area contributed by atoms with Gasteiger partial charge in [0.2, 0.25) is 5.88 Å². The number of nitrogens with zero attached hydrogens (tertiary/aromatic N) is 3. The van der Waals surface area contributed by atoms with Gasteiger partial charge in [-0.15, -0.1) is 0 Å². The van der Waals surface area contributed by atoms with Crippen LogP contribution < -0.4 is 5.32 Å². The molecular weight excluding hydrogens is 372 g/mol. The Labute approximate surface area is 160 Å². The van der Waals surface area contributed by atoms with E-state index in [1.165, 1.54) is 10.7 Å². The largest absolute Gasteiger partial charge is 0.493 e. The Morgan fingerprint density at radius 2 is 2.08 bits per heavy atom. The number of thioether (sulfide) groups is 1. The number of aromatic nitrogens is 3. The molecule has 136 valence electrons. The van der Waals surface area contributed by atoms with E-state index in [1.807, 2.05) is 25.3 Å². The van der Waals surface area contributed by atoms with E-state index in [4.69, 9.17) is 11.6 Å². The minimum Gasteiger partial charge on any atom is -0.493 e. The molecule has 0 saturated heterocycles. The average Bonchev–Trinajstić information content (AvgIpc) is 3.04. The maximum absolute atomic E-state index is 12.3. The van der Waals surface area contributed by atoms with Gasteiger partial charge in [-0.25, -0.2) is 4.98 Å². The normalized spacial score (nSPS) is 11.0. The summed E-state index contributed by atoms with van der Waals surface area (Å²) in [5.74, 6) is 0.574. The lowest BCUT2D eigenvalue weighted by molar-refractivity contribution is 0.0957. The van der Waals surface area contributed by atoms with Crippen molar-refractivity contribution in [3.05, 3.63) is 57.9 Å². The summed E-state index contributed by atoms with van der Waals surface area (Å²) >= 11 is 7.57. The summed E-state index contributed by atoms with van der Waals surface area (Å²) in [6, 6.07) is 7.42. The lowest BCUT2D eigenvalue weighted by atomic mass is 10.0. The highest BCUT2D eigenvalue weighted by Gasteiger charge is 2.19. The molecule has 0 bridgehead atoms. The minimum atomic E-state index is -0.245. The van der Waals surface area contributed by atoms with E-state index in [2.05, 4.69) is 15.4 Å². The molecule has 0 spiro atoms. The lowest BCUT2D eigenvalue weighted by Gasteiger charge is -2.10. The predicted molar refractivity (Wildman–Crippen MR) is 104 cm³/mol. The Hall–Kier alpha value is -2.25. The Morgan fingerprint density at radius 1 is 1.35 bits per heavy atom. The van der Waals surface area contributed by atoms with Crippen LogP contribution in [-0.2, 0) is 6.42 Å². The molecule has 0 aliphatic carbocycles. The van der Waals surface area contributed by atoms with Crippen LogP contribution in [0, 0.1) is 6.92 Å². The molecule has 8 heteroatoms. The molecule has 1 aromatic carbocycles. The van der Waals surface area contributed by atoms with Crippen molar-refractivity contribution in [1.82, 2.24) is 19.9 Å². The molecule has 6 nitrogen and oxygen atoms in total. The number of hydrogen-bond acceptors (Lipinski definition) is 5. The summed E-state index contributed by atoms with van der Waals surface area (Å²) in [5.41, 5.74) is 3.01. The molecule has 0 unspecified atom stereocenters. The number of amides is 1. The first kappa shape index (κ1) is 18.5. The summed E-state index contributed by atoms with van der Waals surface area (Å²) in [7, 11) is 0. The van der Waals surface area contributed by atoms with Crippen LogP contribution in [0.15, 0.2) is 30.5 Å². The fourth-order valence-corrected chi connectivity index (χ4v) is 3.09. The number of benzene rings is 1. The first-order valence-corrected chi connectivity index (χ1v) is 9.86. The van der Waals surface area contributed by atoms with Crippen molar-refractivity contribution in [3.8, 4) is 5.88 Å². The van der Waals surface area contributed by atoms with Crippen molar-refractivity contribution in [1.29, 1.82) is 0 Å². The van der Waals surface area contributed by atoms with Crippen molar-refractivity contribution < 1.29 is 9.90 Å². The summed E-state index contributed by atoms with van der Waals surface area (Å²) in [6.45, 7) is 2.38. The monoisotopic (exact) mass is 390 g/mol.